The van der Waals surface area contributed by atoms with Gasteiger partial charge in [0.25, 0.3) is 0 Å². The van der Waals surface area contributed by atoms with Gasteiger partial charge in [-0.1, -0.05) is 0 Å². The number of nitrogens with one attached hydrogen (secondary N) is 1. The molecule has 0 spiro atoms. The van der Waals surface area contributed by atoms with Gasteiger partial charge in [-0.2, -0.15) is 0 Å². The van der Waals surface area contributed by atoms with E-state index in [0.29, 0.717) is 0 Å². The summed E-state index contributed by atoms with van der Waals surface area (Å²) in [6.07, 6.45) is 6.55. The van der Waals surface area contributed by atoms with Crippen molar-refractivity contribution in [2.45, 2.75) is 19.3 Å². The second kappa shape index (κ2) is 4.34. The average Bonchev–Trinajstić information content (AvgIpc) is 2.03. The van der Waals surface area contributed by atoms with Crippen LogP contribution >= 0.6 is 0 Å². The average molecular weight is 141 g/mol. The van der Waals surface area contributed by atoms with Gasteiger partial charge in [-0.25, -0.2) is 0 Å². The van der Waals surface area contributed by atoms with Crippen molar-refractivity contribution in [1.29, 1.82) is 0 Å². The summed E-state index contributed by atoms with van der Waals surface area (Å²) in [6, 6.07) is 0. The maximum atomic E-state index is 8.40. The molecule has 2 N–H and O–H groups in total. The summed E-state index contributed by atoms with van der Waals surface area (Å²) in [6.45, 7) is 2.29. The van der Waals surface area contributed by atoms with Crippen molar-refractivity contribution < 1.29 is 5.11 Å². The molecular formula is C8H15NO. The third kappa shape index (κ3) is 2.40. The quantitative estimate of drug-likeness (QED) is 0.570. The van der Waals surface area contributed by atoms with Crippen molar-refractivity contribution in [3.63, 3.8) is 0 Å². The molecule has 2 heteroatoms. The van der Waals surface area contributed by atoms with E-state index in [1.165, 1.54) is 12.8 Å². The van der Waals surface area contributed by atoms with Crippen LogP contribution in [0, 0.1) is 5.92 Å². The summed E-state index contributed by atoms with van der Waals surface area (Å²) in [5, 5.41) is 11.7. The van der Waals surface area contributed by atoms with Crippen LogP contribution in [-0.4, -0.2) is 18.2 Å². The molecule has 0 amide bonds. The number of piperidine rings is 1. The predicted molar refractivity (Wildman–Crippen MR) is 42.0 cm³/mol. The molecule has 0 aromatic rings. The van der Waals surface area contributed by atoms with Gasteiger partial charge in [0.15, 0.2) is 0 Å². The van der Waals surface area contributed by atoms with E-state index in [2.05, 4.69) is 5.32 Å². The van der Waals surface area contributed by atoms with Crippen LogP contribution in [0.5, 0.6) is 0 Å². The lowest BCUT2D eigenvalue weighted by Crippen LogP contribution is -2.27. The summed E-state index contributed by atoms with van der Waals surface area (Å²) in [7, 11) is 0. The fourth-order valence-electron chi connectivity index (χ4n) is 1.37. The lowest BCUT2D eigenvalue weighted by Gasteiger charge is -2.20. The highest BCUT2D eigenvalue weighted by Crippen LogP contribution is 2.15. The van der Waals surface area contributed by atoms with Crippen molar-refractivity contribution >= 4 is 0 Å². The molecule has 1 heterocycles. The number of aliphatic hydroxyl groups excluding tert-OH is 1. The Morgan fingerprint density at radius 2 is 2.10 bits per heavy atom. The summed E-state index contributed by atoms with van der Waals surface area (Å²) < 4.78 is 0. The van der Waals surface area contributed by atoms with Crippen LogP contribution in [0.4, 0.5) is 0 Å². The molecule has 1 aliphatic rings. The molecule has 10 heavy (non-hydrogen) atoms. The molecule has 0 aromatic heterocycles. The maximum Gasteiger partial charge on any atom is 0.0751 e. The normalized spacial score (nSPS) is 22.0. The highest BCUT2D eigenvalue weighted by Gasteiger charge is 2.10. The smallest absolute Gasteiger partial charge is 0.0751 e. The Labute approximate surface area is 61.9 Å². The molecule has 0 unspecified atom stereocenters. The minimum atomic E-state index is 0.796. The van der Waals surface area contributed by atoms with Gasteiger partial charge in [-0.15, -0.1) is 0 Å². The molecule has 0 atom stereocenters. The first-order chi connectivity index (χ1) is 4.93. The van der Waals surface area contributed by atoms with Crippen LogP contribution in [0.15, 0.2) is 12.3 Å². The molecule has 0 saturated carbocycles. The van der Waals surface area contributed by atoms with Gasteiger partial charge in [0.1, 0.15) is 0 Å². The Hall–Kier alpha value is -0.500. The number of allylic oxidation sites excluding steroid dienone is 1. The summed E-state index contributed by atoms with van der Waals surface area (Å²) in [5.74, 6) is 0.796. The molecule has 2 nitrogen and oxygen atoms in total. The first-order valence-corrected chi connectivity index (χ1v) is 3.93. The molecule has 0 bridgehead atoms. The molecule has 0 aliphatic carbocycles. The van der Waals surface area contributed by atoms with Gasteiger partial charge in [0.2, 0.25) is 0 Å². The molecule has 1 rings (SSSR count). The first kappa shape index (κ1) is 7.61. The van der Waals surface area contributed by atoms with Crippen molar-refractivity contribution in [3.05, 3.63) is 12.3 Å². The van der Waals surface area contributed by atoms with Crippen LogP contribution in [0.1, 0.15) is 19.3 Å². The molecule has 1 fully saturated rings. The Kier molecular flexibility index (Phi) is 3.30. The van der Waals surface area contributed by atoms with Crippen LogP contribution < -0.4 is 5.32 Å². The lowest BCUT2D eigenvalue weighted by atomic mass is 9.95. The minimum absolute atomic E-state index is 0.796. The molecule has 58 valence electrons. The van der Waals surface area contributed by atoms with Crippen LogP contribution in [-0.2, 0) is 0 Å². The largest absolute Gasteiger partial charge is 0.516 e. The molecule has 1 saturated heterocycles. The van der Waals surface area contributed by atoms with Crippen LogP contribution in [0.25, 0.3) is 0 Å². The number of aliphatic hydroxyl groups is 1. The van der Waals surface area contributed by atoms with Gasteiger partial charge < -0.3 is 10.4 Å². The highest BCUT2D eigenvalue weighted by atomic mass is 16.2. The molecule has 0 aromatic carbocycles. The van der Waals surface area contributed by atoms with Crippen molar-refractivity contribution in [3.8, 4) is 0 Å². The van der Waals surface area contributed by atoms with Gasteiger partial charge in [0.05, 0.1) is 6.26 Å². The zero-order chi connectivity index (χ0) is 7.23. The second-order valence-corrected chi connectivity index (χ2v) is 2.81. The number of rotatable bonds is 2. The van der Waals surface area contributed by atoms with Crippen molar-refractivity contribution in [1.82, 2.24) is 5.32 Å². The topological polar surface area (TPSA) is 32.3 Å². The molecular weight excluding hydrogens is 126 g/mol. The Morgan fingerprint density at radius 3 is 2.70 bits per heavy atom. The van der Waals surface area contributed by atoms with E-state index in [1.807, 2.05) is 6.08 Å². The Morgan fingerprint density at radius 1 is 1.40 bits per heavy atom. The second-order valence-electron chi connectivity index (χ2n) is 2.81. The van der Waals surface area contributed by atoms with Gasteiger partial charge in [-0.05, 0) is 44.3 Å². The summed E-state index contributed by atoms with van der Waals surface area (Å²) in [5.41, 5.74) is 0. The van der Waals surface area contributed by atoms with E-state index in [1.54, 1.807) is 0 Å². The molecule has 1 aliphatic heterocycles. The SMILES string of the molecule is OC=CCC1CCNCC1. The summed E-state index contributed by atoms with van der Waals surface area (Å²) >= 11 is 0. The minimum Gasteiger partial charge on any atom is -0.516 e. The number of hydrogen-bond donors (Lipinski definition) is 2. The zero-order valence-corrected chi connectivity index (χ0v) is 6.21. The van der Waals surface area contributed by atoms with Gasteiger partial charge >= 0.3 is 0 Å². The van der Waals surface area contributed by atoms with Crippen molar-refractivity contribution in [2.24, 2.45) is 5.92 Å². The van der Waals surface area contributed by atoms with Crippen LogP contribution in [0.3, 0.4) is 0 Å². The van der Waals surface area contributed by atoms with E-state index in [0.717, 1.165) is 31.7 Å². The maximum absolute atomic E-state index is 8.40. The third-order valence-corrected chi connectivity index (χ3v) is 2.03. The monoisotopic (exact) mass is 141 g/mol. The third-order valence-electron chi connectivity index (χ3n) is 2.03. The van der Waals surface area contributed by atoms with Gasteiger partial charge in [0, 0.05) is 0 Å². The van der Waals surface area contributed by atoms with E-state index in [4.69, 9.17) is 5.11 Å². The van der Waals surface area contributed by atoms with E-state index in [9.17, 15) is 0 Å². The fraction of sp³-hybridized carbons (Fsp3) is 0.750. The van der Waals surface area contributed by atoms with Crippen molar-refractivity contribution in [2.75, 3.05) is 13.1 Å². The molecule has 0 radical (unpaired) electrons. The standard InChI is InChI=1S/C8H15NO/c10-7-1-2-8-3-5-9-6-4-8/h1,7-10H,2-6H2. The van der Waals surface area contributed by atoms with Gasteiger partial charge in [-0.3, -0.25) is 0 Å². The fourth-order valence-corrected chi connectivity index (χ4v) is 1.37. The predicted octanol–water partition coefficient (Wildman–Crippen LogP) is 1.45. The highest BCUT2D eigenvalue weighted by molar-refractivity contribution is 4.79. The summed E-state index contributed by atoms with van der Waals surface area (Å²) in [4.78, 5) is 0. The first-order valence-electron chi connectivity index (χ1n) is 3.93. The van der Waals surface area contributed by atoms with Crippen LogP contribution in [0.2, 0.25) is 0 Å². The van der Waals surface area contributed by atoms with E-state index < -0.39 is 0 Å². The zero-order valence-electron chi connectivity index (χ0n) is 6.21. The van der Waals surface area contributed by atoms with E-state index >= 15 is 0 Å². The van der Waals surface area contributed by atoms with E-state index in [-0.39, 0.29) is 0 Å². The Balaban J connectivity index is 2.13. The lowest BCUT2D eigenvalue weighted by molar-refractivity contribution is 0.373. The number of hydrogen-bond acceptors (Lipinski definition) is 2. The Bertz CT molecular complexity index is 106.